The monoisotopic (exact) mass is 480 g/mol. The van der Waals surface area contributed by atoms with Gasteiger partial charge in [-0.15, -0.1) is 0 Å². The Labute approximate surface area is 206 Å². The normalized spacial score (nSPS) is 12.5. The van der Waals surface area contributed by atoms with Crippen LogP contribution in [0.3, 0.4) is 0 Å². The minimum atomic E-state index is -0.721. The van der Waals surface area contributed by atoms with E-state index in [1.54, 1.807) is 18.2 Å². The van der Waals surface area contributed by atoms with E-state index in [-0.39, 0.29) is 24.3 Å². The zero-order valence-electron chi connectivity index (χ0n) is 19.1. The van der Waals surface area contributed by atoms with Crippen molar-refractivity contribution in [3.63, 3.8) is 0 Å². The summed E-state index contributed by atoms with van der Waals surface area (Å²) in [5, 5.41) is 0. The van der Waals surface area contributed by atoms with Crippen LogP contribution in [0.1, 0.15) is 42.2 Å². The van der Waals surface area contributed by atoms with E-state index in [1.165, 1.54) is 12.1 Å². The molecular formula is C29H21FN2O4. The SMILES string of the molecule is O=C(NOCc1ccccc1)c1ccc(CN2C(=O)c3cccc(F)c3C2=O)cc1-c1ccccc1. The maximum atomic E-state index is 14.2. The van der Waals surface area contributed by atoms with Gasteiger partial charge >= 0.3 is 0 Å². The van der Waals surface area contributed by atoms with E-state index in [1.807, 2.05) is 60.7 Å². The number of carbonyl (C=O) groups excluding carboxylic acids is 3. The lowest BCUT2D eigenvalue weighted by Crippen LogP contribution is -2.29. The second kappa shape index (κ2) is 9.93. The van der Waals surface area contributed by atoms with Gasteiger partial charge in [-0.1, -0.05) is 72.8 Å². The number of hydroxylamine groups is 1. The van der Waals surface area contributed by atoms with Crippen LogP contribution in [-0.4, -0.2) is 22.6 Å². The Bertz CT molecular complexity index is 1460. The average Bonchev–Trinajstić information content (AvgIpc) is 3.15. The first kappa shape index (κ1) is 23.1. The molecule has 0 fully saturated rings. The summed E-state index contributed by atoms with van der Waals surface area (Å²) in [4.78, 5) is 45.0. The summed E-state index contributed by atoms with van der Waals surface area (Å²) in [7, 11) is 0. The van der Waals surface area contributed by atoms with E-state index in [0.29, 0.717) is 16.7 Å². The second-order valence-corrected chi connectivity index (χ2v) is 8.31. The molecule has 36 heavy (non-hydrogen) atoms. The minimum absolute atomic E-state index is 0.0508. The van der Waals surface area contributed by atoms with Gasteiger partial charge in [0.2, 0.25) is 0 Å². The van der Waals surface area contributed by atoms with Crippen molar-refractivity contribution in [1.82, 2.24) is 10.4 Å². The molecule has 6 nitrogen and oxygen atoms in total. The molecule has 0 bridgehead atoms. The van der Waals surface area contributed by atoms with Crippen molar-refractivity contribution in [2.45, 2.75) is 13.2 Å². The van der Waals surface area contributed by atoms with Crippen LogP contribution in [-0.2, 0) is 18.0 Å². The number of imide groups is 1. The highest BCUT2D eigenvalue weighted by Gasteiger charge is 2.37. The van der Waals surface area contributed by atoms with Crippen LogP contribution in [0.25, 0.3) is 11.1 Å². The number of hydrogen-bond acceptors (Lipinski definition) is 4. The number of hydrogen-bond donors (Lipinski definition) is 1. The predicted molar refractivity (Wildman–Crippen MR) is 131 cm³/mol. The Kier molecular flexibility index (Phi) is 6.38. The molecule has 0 atom stereocenters. The maximum absolute atomic E-state index is 14.2. The highest BCUT2D eigenvalue weighted by atomic mass is 19.1. The van der Waals surface area contributed by atoms with E-state index in [9.17, 15) is 18.8 Å². The summed E-state index contributed by atoms with van der Waals surface area (Å²) in [6, 6.07) is 27.8. The number of nitrogens with zero attached hydrogens (tertiary/aromatic N) is 1. The summed E-state index contributed by atoms with van der Waals surface area (Å²) in [5.74, 6) is -2.38. The Morgan fingerprint density at radius 3 is 2.22 bits per heavy atom. The number of nitrogens with one attached hydrogen (secondary N) is 1. The van der Waals surface area contributed by atoms with Gasteiger partial charge in [-0.25, -0.2) is 9.87 Å². The molecule has 3 amide bonds. The molecule has 0 unspecified atom stereocenters. The third-order valence-electron chi connectivity index (χ3n) is 5.95. The van der Waals surface area contributed by atoms with Gasteiger partial charge in [-0.3, -0.25) is 24.1 Å². The van der Waals surface area contributed by atoms with E-state index in [0.717, 1.165) is 22.1 Å². The highest BCUT2D eigenvalue weighted by Crippen LogP contribution is 2.29. The molecule has 0 aromatic heterocycles. The summed E-state index contributed by atoms with van der Waals surface area (Å²) < 4.78 is 14.2. The Morgan fingerprint density at radius 1 is 0.778 bits per heavy atom. The van der Waals surface area contributed by atoms with Crippen molar-refractivity contribution in [3.8, 4) is 11.1 Å². The minimum Gasteiger partial charge on any atom is -0.270 e. The molecule has 0 saturated carbocycles. The molecule has 0 saturated heterocycles. The molecule has 0 aliphatic carbocycles. The van der Waals surface area contributed by atoms with Crippen molar-refractivity contribution < 1.29 is 23.6 Å². The summed E-state index contributed by atoms with van der Waals surface area (Å²) >= 11 is 0. The van der Waals surface area contributed by atoms with E-state index in [4.69, 9.17) is 4.84 Å². The lowest BCUT2D eigenvalue weighted by molar-refractivity contribution is 0.0234. The van der Waals surface area contributed by atoms with Crippen LogP contribution >= 0.6 is 0 Å². The number of rotatable bonds is 7. The Hall–Kier alpha value is -4.62. The number of benzene rings is 4. The van der Waals surface area contributed by atoms with Crippen LogP contribution in [0, 0.1) is 5.82 Å². The van der Waals surface area contributed by atoms with Crippen LogP contribution < -0.4 is 5.48 Å². The fraction of sp³-hybridized carbons (Fsp3) is 0.0690. The molecule has 5 rings (SSSR count). The maximum Gasteiger partial charge on any atom is 0.275 e. The van der Waals surface area contributed by atoms with Gasteiger partial charge in [0.05, 0.1) is 24.3 Å². The van der Waals surface area contributed by atoms with Crippen LogP contribution in [0.4, 0.5) is 4.39 Å². The molecule has 0 radical (unpaired) electrons. The molecule has 1 heterocycles. The predicted octanol–water partition coefficient (Wildman–Crippen LogP) is 5.15. The van der Waals surface area contributed by atoms with Gasteiger partial charge in [0.1, 0.15) is 5.82 Å². The molecule has 1 aliphatic heterocycles. The number of halogens is 1. The first-order valence-corrected chi connectivity index (χ1v) is 11.3. The first-order chi connectivity index (χ1) is 17.5. The van der Waals surface area contributed by atoms with Crippen molar-refractivity contribution in [1.29, 1.82) is 0 Å². The van der Waals surface area contributed by atoms with Gasteiger partial charge in [-0.2, -0.15) is 0 Å². The number of amides is 3. The second-order valence-electron chi connectivity index (χ2n) is 8.31. The van der Waals surface area contributed by atoms with E-state index >= 15 is 0 Å². The number of fused-ring (bicyclic) bond motifs is 1. The third-order valence-corrected chi connectivity index (χ3v) is 5.95. The third kappa shape index (κ3) is 4.52. The zero-order valence-corrected chi connectivity index (χ0v) is 19.1. The van der Waals surface area contributed by atoms with Crippen LogP contribution in [0.2, 0.25) is 0 Å². The molecule has 1 N–H and O–H groups in total. The van der Waals surface area contributed by atoms with E-state index in [2.05, 4.69) is 5.48 Å². The summed E-state index contributed by atoms with van der Waals surface area (Å²) in [6.45, 7) is 0.152. The van der Waals surface area contributed by atoms with Crippen molar-refractivity contribution in [2.75, 3.05) is 0 Å². The van der Waals surface area contributed by atoms with Crippen LogP contribution in [0.15, 0.2) is 97.1 Å². The standard InChI is InChI=1S/C29H21FN2O4/c30-25-13-7-12-23-26(25)29(35)32(28(23)34)17-20-14-15-22(24(16-20)21-10-5-2-6-11-21)27(33)31-36-18-19-8-3-1-4-9-19/h1-16H,17-18H2,(H,31,33). The quantitative estimate of drug-likeness (QED) is 0.293. The fourth-order valence-electron chi connectivity index (χ4n) is 4.18. The largest absolute Gasteiger partial charge is 0.275 e. The lowest BCUT2D eigenvalue weighted by Gasteiger charge is -2.17. The molecule has 4 aromatic rings. The van der Waals surface area contributed by atoms with Crippen molar-refractivity contribution >= 4 is 17.7 Å². The molecule has 7 heteroatoms. The van der Waals surface area contributed by atoms with Gasteiger partial charge in [0.15, 0.2) is 0 Å². The molecule has 4 aromatic carbocycles. The van der Waals surface area contributed by atoms with Crippen molar-refractivity contribution in [3.05, 3.63) is 131 Å². The van der Waals surface area contributed by atoms with Gasteiger partial charge < -0.3 is 0 Å². The highest BCUT2D eigenvalue weighted by molar-refractivity contribution is 6.21. The van der Waals surface area contributed by atoms with E-state index < -0.39 is 23.5 Å². The summed E-state index contributed by atoms with van der Waals surface area (Å²) in [5.41, 5.74) is 5.60. The van der Waals surface area contributed by atoms with Crippen LogP contribution in [0.5, 0.6) is 0 Å². The lowest BCUT2D eigenvalue weighted by atomic mass is 9.96. The number of carbonyl (C=O) groups is 3. The average molecular weight is 480 g/mol. The Balaban J connectivity index is 1.40. The smallest absolute Gasteiger partial charge is 0.270 e. The topological polar surface area (TPSA) is 75.7 Å². The van der Waals surface area contributed by atoms with Gasteiger partial charge in [0.25, 0.3) is 17.7 Å². The summed E-state index contributed by atoms with van der Waals surface area (Å²) in [6.07, 6.45) is 0. The first-order valence-electron chi connectivity index (χ1n) is 11.3. The van der Waals surface area contributed by atoms with Gasteiger partial charge in [0, 0.05) is 5.56 Å². The molecule has 0 spiro atoms. The molecular weight excluding hydrogens is 459 g/mol. The Morgan fingerprint density at radius 2 is 1.50 bits per heavy atom. The fourth-order valence-corrected chi connectivity index (χ4v) is 4.18. The molecule has 178 valence electrons. The zero-order chi connectivity index (χ0) is 25.1. The molecule has 1 aliphatic rings. The van der Waals surface area contributed by atoms with Gasteiger partial charge in [-0.05, 0) is 46.5 Å². The van der Waals surface area contributed by atoms with Crippen molar-refractivity contribution in [2.24, 2.45) is 0 Å².